The van der Waals surface area contributed by atoms with Gasteiger partial charge >= 0.3 is 12.0 Å². The number of ether oxygens (including phenoxy) is 2. The van der Waals surface area contributed by atoms with E-state index in [1.807, 2.05) is 0 Å². The van der Waals surface area contributed by atoms with Crippen molar-refractivity contribution in [1.82, 2.24) is 0 Å². The number of carbonyl (C=O) groups excluding carboxylic acids is 1. The summed E-state index contributed by atoms with van der Waals surface area (Å²) in [5.41, 5.74) is 1.22. The molecule has 0 radical (unpaired) electrons. The normalized spacial score (nSPS) is 14.1. The lowest BCUT2D eigenvalue weighted by Gasteiger charge is -2.28. The van der Waals surface area contributed by atoms with Crippen LogP contribution in [0.2, 0.25) is 0 Å². The summed E-state index contributed by atoms with van der Waals surface area (Å²) in [6.07, 6.45) is 0. The van der Waals surface area contributed by atoms with Crippen molar-refractivity contribution in [2.45, 2.75) is 18.9 Å². The maximum Gasteiger partial charge on any atom is 0.382 e. The van der Waals surface area contributed by atoms with Gasteiger partial charge in [-0.05, 0) is 19.1 Å². The van der Waals surface area contributed by atoms with Crippen LogP contribution in [0.5, 0.6) is 11.5 Å². The largest absolute Gasteiger partial charge is 0.461 e. The molecular weight excluding hydrogens is 298 g/mol. The number of hydrogen-bond acceptors (Lipinski definition) is 5. The van der Waals surface area contributed by atoms with Gasteiger partial charge in [-0.15, -0.1) is 0 Å². The lowest BCUT2D eigenvalue weighted by atomic mass is 9.82. The quantitative estimate of drug-likeness (QED) is 0.492. The molecule has 0 fully saturated rings. The summed E-state index contributed by atoms with van der Waals surface area (Å²) in [6, 6.07) is 12.6. The second-order valence-electron chi connectivity index (χ2n) is 5.14. The molecule has 6 heteroatoms. The first-order valence-corrected chi connectivity index (χ1v) is 7.29. The molecule has 2 aromatic rings. The highest BCUT2D eigenvalue weighted by Gasteiger charge is 2.46. The van der Waals surface area contributed by atoms with Crippen molar-refractivity contribution in [3.8, 4) is 11.5 Å². The number of para-hydroxylation sites is 2. The number of fused-ring (bicyclic) bond motifs is 2. The van der Waals surface area contributed by atoms with Crippen LogP contribution in [0.4, 0.5) is 0 Å². The maximum atomic E-state index is 12.2. The zero-order chi connectivity index (χ0) is 16.4. The van der Waals surface area contributed by atoms with Crippen molar-refractivity contribution in [2.24, 2.45) is 0 Å². The molecule has 118 valence electrons. The Balaban J connectivity index is 2.16. The molecule has 23 heavy (non-hydrogen) atoms. The van der Waals surface area contributed by atoms with Crippen LogP contribution in [-0.2, 0) is 9.53 Å². The first kappa shape index (κ1) is 15.0. The number of nitrogens with zero attached hydrogens (tertiary/aromatic N) is 1. The fourth-order valence-electron chi connectivity index (χ4n) is 2.86. The lowest BCUT2D eigenvalue weighted by Crippen LogP contribution is -2.38. The summed E-state index contributed by atoms with van der Waals surface area (Å²) >= 11 is 0. The molecule has 1 aliphatic heterocycles. The van der Waals surface area contributed by atoms with Crippen LogP contribution in [-0.4, -0.2) is 23.5 Å². The van der Waals surface area contributed by atoms with E-state index in [0.717, 1.165) is 0 Å². The smallest absolute Gasteiger partial charge is 0.382 e. The standard InChI is InChI=1S/C17H15NO5/c1-2-22-17(19)16(18(20)21)15-11-7-3-5-9-13(11)23-14-10-6-4-8-12(14)15/h3-10,15-16H,2H2,1H3. The van der Waals surface area contributed by atoms with Gasteiger partial charge in [0.05, 0.1) is 12.5 Å². The van der Waals surface area contributed by atoms with E-state index < -0.39 is 22.9 Å². The van der Waals surface area contributed by atoms with Gasteiger partial charge in [0.1, 0.15) is 11.5 Å². The summed E-state index contributed by atoms with van der Waals surface area (Å²) in [6.45, 7) is 1.72. The van der Waals surface area contributed by atoms with Gasteiger partial charge in [-0.1, -0.05) is 36.4 Å². The summed E-state index contributed by atoms with van der Waals surface area (Å²) in [7, 11) is 0. The van der Waals surface area contributed by atoms with Crippen LogP contribution in [0.25, 0.3) is 0 Å². The fraction of sp³-hybridized carbons (Fsp3) is 0.235. The van der Waals surface area contributed by atoms with Gasteiger partial charge < -0.3 is 9.47 Å². The molecule has 0 bridgehead atoms. The van der Waals surface area contributed by atoms with E-state index in [2.05, 4.69) is 0 Å². The molecule has 3 rings (SSSR count). The molecule has 1 aliphatic rings. The summed E-state index contributed by atoms with van der Waals surface area (Å²) < 4.78 is 10.7. The van der Waals surface area contributed by atoms with Crippen molar-refractivity contribution in [3.63, 3.8) is 0 Å². The molecule has 0 aromatic heterocycles. The van der Waals surface area contributed by atoms with Crippen molar-refractivity contribution < 1.29 is 19.2 Å². The van der Waals surface area contributed by atoms with Gasteiger partial charge in [0, 0.05) is 16.1 Å². The van der Waals surface area contributed by atoms with Gasteiger partial charge in [-0.3, -0.25) is 10.1 Å². The van der Waals surface area contributed by atoms with E-state index in [-0.39, 0.29) is 6.61 Å². The van der Waals surface area contributed by atoms with E-state index >= 15 is 0 Å². The third-order valence-corrected chi connectivity index (χ3v) is 3.80. The SMILES string of the molecule is CCOC(=O)C(C1c2ccccc2Oc2ccccc21)[N+](=O)[O-]. The lowest BCUT2D eigenvalue weighted by molar-refractivity contribution is -0.513. The number of benzene rings is 2. The predicted octanol–water partition coefficient (Wildman–Crippen LogP) is 3.13. The Hall–Kier alpha value is -2.89. The molecule has 0 saturated heterocycles. The zero-order valence-electron chi connectivity index (χ0n) is 12.5. The first-order chi connectivity index (χ1) is 11.1. The van der Waals surface area contributed by atoms with Crippen LogP contribution in [0.1, 0.15) is 24.0 Å². The maximum absolute atomic E-state index is 12.2. The summed E-state index contributed by atoms with van der Waals surface area (Å²) in [4.78, 5) is 23.2. The Kier molecular flexibility index (Phi) is 3.97. The van der Waals surface area contributed by atoms with E-state index in [1.165, 1.54) is 0 Å². The summed E-state index contributed by atoms with van der Waals surface area (Å²) in [5.74, 6) is -0.543. The number of carbonyl (C=O) groups is 1. The van der Waals surface area contributed by atoms with Crippen LogP contribution in [0.15, 0.2) is 48.5 Å². The molecule has 1 heterocycles. The van der Waals surface area contributed by atoms with Crippen molar-refractivity contribution in [1.29, 1.82) is 0 Å². The van der Waals surface area contributed by atoms with Crippen molar-refractivity contribution in [2.75, 3.05) is 6.61 Å². The molecule has 0 spiro atoms. The average molecular weight is 313 g/mol. The van der Waals surface area contributed by atoms with E-state index in [4.69, 9.17) is 9.47 Å². The van der Waals surface area contributed by atoms with E-state index in [0.29, 0.717) is 22.6 Å². The minimum absolute atomic E-state index is 0.0929. The number of esters is 1. The van der Waals surface area contributed by atoms with Gasteiger partial charge in [0.15, 0.2) is 0 Å². The highest BCUT2D eigenvalue weighted by molar-refractivity contribution is 5.78. The van der Waals surface area contributed by atoms with Gasteiger partial charge in [-0.2, -0.15) is 0 Å². The van der Waals surface area contributed by atoms with Gasteiger partial charge in [0.25, 0.3) is 0 Å². The highest BCUT2D eigenvalue weighted by atomic mass is 16.6. The van der Waals surface area contributed by atoms with Crippen molar-refractivity contribution >= 4 is 5.97 Å². The van der Waals surface area contributed by atoms with E-state index in [9.17, 15) is 14.9 Å². The number of rotatable bonds is 4. The third kappa shape index (κ3) is 2.63. The van der Waals surface area contributed by atoms with Crippen molar-refractivity contribution in [3.05, 3.63) is 69.8 Å². The van der Waals surface area contributed by atoms with Crippen LogP contribution >= 0.6 is 0 Å². The average Bonchev–Trinajstić information content (AvgIpc) is 2.54. The Morgan fingerprint density at radius 2 is 1.70 bits per heavy atom. The number of nitro groups is 1. The molecule has 0 saturated carbocycles. The first-order valence-electron chi connectivity index (χ1n) is 7.29. The van der Waals surface area contributed by atoms with E-state index in [1.54, 1.807) is 55.5 Å². The molecule has 6 nitrogen and oxygen atoms in total. The highest BCUT2D eigenvalue weighted by Crippen LogP contribution is 2.46. The fourth-order valence-corrected chi connectivity index (χ4v) is 2.86. The minimum atomic E-state index is -1.51. The molecule has 1 unspecified atom stereocenters. The topological polar surface area (TPSA) is 78.7 Å². The molecule has 0 aliphatic carbocycles. The predicted molar refractivity (Wildman–Crippen MR) is 82.2 cm³/mol. The third-order valence-electron chi connectivity index (χ3n) is 3.80. The zero-order valence-corrected chi connectivity index (χ0v) is 12.5. The molecule has 0 amide bonds. The summed E-state index contributed by atoms with van der Waals surface area (Å²) in [5, 5.41) is 11.6. The molecule has 1 atom stereocenters. The second-order valence-corrected chi connectivity index (χ2v) is 5.14. The van der Waals surface area contributed by atoms with Gasteiger partial charge in [-0.25, -0.2) is 4.79 Å². The number of hydrogen-bond donors (Lipinski definition) is 0. The Labute approximate surface area is 132 Å². The second kappa shape index (κ2) is 6.08. The van der Waals surface area contributed by atoms with Crippen LogP contribution in [0, 0.1) is 10.1 Å². The Morgan fingerprint density at radius 1 is 1.17 bits per heavy atom. The Bertz CT molecular complexity index is 713. The van der Waals surface area contributed by atoms with Gasteiger partial charge in [0.2, 0.25) is 0 Å². The van der Waals surface area contributed by atoms with Crippen LogP contribution < -0.4 is 4.74 Å². The molecular formula is C17H15NO5. The minimum Gasteiger partial charge on any atom is -0.461 e. The van der Waals surface area contributed by atoms with Crippen LogP contribution in [0.3, 0.4) is 0 Å². The molecule has 2 aromatic carbocycles. The monoisotopic (exact) mass is 313 g/mol. The molecule has 0 N–H and O–H groups in total. The Morgan fingerprint density at radius 3 is 2.17 bits per heavy atom.